The Kier molecular flexibility index (Phi) is 6.52. The molecular formula is C10H10F6IO5-. The second-order valence-corrected chi connectivity index (χ2v) is 7.12. The van der Waals surface area contributed by atoms with Crippen LogP contribution >= 0.6 is 22.6 Å². The van der Waals surface area contributed by atoms with Gasteiger partial charge in [0.2, 0.25) is 0 Å². The maximum Gasteiger partial charge on any atom is 0.399 e. The van der Waals surface area contributed by atoms with E-state index in [9.17, 15) is 41.0 Å². The van der Waals surface area contributed by atoms with E-state index in [4.69, 9.17) is 0 Å². The third-order valence-electron chi connectivity index (χ3n) is 2.12. The Balaban J connectivity index is 4.74. The fraction of sp³-hybridized carbons (Fsp3) is 0.800. The summed E-state index contributed by atoms with van der Waals surface area (Å²) in [5.74, 6) is -3.89. The van der Waals surface area contributed by atoms with E-state index in [1.165, 1.54) is 13.8 Å². The van der Waals surface area contributed by atoms with Gasteiger partial charge in [-0.25, -0.2) is 0 Å². The number of hydrogen-bond donors (Lipinski definition) is 0. The normalized spacial score (nSPS) is 13.7. The number of halogens is 7. The molecule has 0 aromatic heterocycles. The van der Waals surface area contributed by atoms with Crippen molar-refractivity contribution in [1.82, 2.24) is 0 Å². The highest BCUT2D eigenvalue weighted by Crippen LogP contribution is 2.41. The van der Waals surface area contributed by atoms with Crippen LogP contribution in [-0.4, -0.2) is 46.5 Å². The summed E-state index contributed by atoms with van der Waals surface area (Å²) in [7, 11) is 0. The standard InChI is InChI=1S/C10H10F6IO5/c1-7(2,17)5(18)21-3-4-22-6(19)8(20,9(11,12)13)10(14,15)16/h3-4H2,1-2H3/q-1. The van der Waals surface area contributed by atoms with Crippen LogP contribution in [-0.2, 0) is 19.1 Å². The summed E-state index contributed by atoms with van der Waals surface area (Å²) in [6, 6.07) is 0. The number of alkyl halides is 7. The molecule has 0 aliphatic heterocycles. The second kappa shape index (κ2) is 6.76. The van der Waals surface area contributed by atoms with Crippen LogP contribution in [0.5, 0.6) is 0 Å². The minimum atomic E-state index is -6.43. The van der Waals surface area contributed by atoms with E-state index in [2.05, 4.69) is 9.47 Å². The number of hydrogen-bond acceptors (Lipinski definition) is 5. The van der Waals surface area contributed by atoms with Crippen LogP contribution in [0.1, 0.15) is 13.8 Å². The van der Waals surface area contributed by atoms with Crippen molar-refractivity contribution in [2.24, 2.45) is 0 Å². The van der Waals surface area contributed by atoms with Gasteiger partial charge in [0, 0.05) is 0 Å². The Morgan fingerprint density at radius 1 is 0.909 bits per heavy atom. The summed E-state index contributed by atoms with van der Waals surface area (Å²) in [6.07, 6.45) is -12.9. The molecule has 12 heteroatoms. The Hall–Kier alpha value is -0.790. The topological polar surface area (TPSA) is 75.7 Å². The molecular weight excluding hydrogens is 441 g/mol. The Morgan fingerprint density at radius 3 is 1.50 bits per heavy atom. The molecule has 0 heterocycles. The summed E-state index contributed by atoms with van der Waals surface area (Å²) in [5.41, 5.74) is -5.90. The maximum absolute atomic E-state index is 12.2. The first-order valence-electron chi connectivity index (χ1n) is 5.42. The van der Waals surface area contributed by atoms with Gasteiger partial charge < -0.3 is 14.6 Å². The Labute approximate surface area is 134 Å². The molecule has 0 fully saturated rings. The molecule has 0 aromatic rings. The second-order valence-electron chi connectivity index (χ2n) is 4.42. The molecule has 0 N–H and O–H groups in total. The summed E-state index contributed by atoms with van der Waals surface area (Å²) in [5, 5.41) is 10.9. The van der Waals surface area contributed by atoms with Crippen molar-refractivity contribution in [1.29, 1.82) is 0 Å². The monoisotopic (exact) mass is 451 g/mol. The van der Waals surface area contributed by atoms with E-state index >= 15 is 0 Å². The largest absolute Gasteiger partial charge is 0.828 e. The molecule has 0 radical (unpaired) electrons. The van der Waals surface area contributed by atoms with Gasteiger partial charge in [-0.15, -0.1) is 0 Å². The van der Waals surface area contributed by atoms with Crippen LogP contribution in [0, 0.1) is 0 Å². The van der Waals surface area contributed by atoms with Crippen molar-refractivity contribution in [3.05, 3.63) is 0 Å². The van der Waals surface area contributed by atoms with E-state index in [0.29, 0.717) is 0 Å². The van der Waals surface area contributed by atoms with Gasteiger partial charge in [0.15, 0.2) is 5.60 Å². The molecule has 0 bridgehead atoms. The molecule has 0 saturated heterocycles. The van der Waals surface area contributed by atoms with Crippen LogP contribution in [0.25, 0.3) is 0 Å². The van der Waals surface area contributed by atoms with E-state index in [1.807, 2.05) is 0 Å². The highest BCUT2D eigenvalue weighted by atomic mass is 127. The summed E-state index contributed by atoms with van der Waals surface area (Å²) in [4.78, 5) is 22.1. The highest BCUT2D eigenvalue weighted by Gasteiger charge is 2.68. The molecule has 0 aromatic carbocycles. The van der Waals surface area contributed by atoms with Gasteiger partial charge in [0.05, 0.1) is 0 Å². The van der Waals surface area contributed by atoms with Crippen molar-refractivity contribution in [3.63, 3.8) is 0 Å². The molecule has 0 atom stereocenters. The van der Waals surface area contributed by atoms with Gasteiger partial charge in [-0.3, -0.25) is 9.59 Å². The lowest BCUT2D eigenvalue weighted by Crippen LogP contribution is -2.71. The number of esters is 2. The fourth-order valence-electron chi connectivity index (χ4n) is 0.934. The van der Waals surface area contributed by atoms with E-state index in [1.54, 1.807) is 22.6 Å². The van der Waals surface area contributed by atoms with Gasteiger partial charge in [-0.2, -0.15) is 26.3 Å². The molecule has 22 heavy (non-hydrogen) atoms. The minimum Gasteiger partial charge on any atom is -0.828 e. The molecule has 130 valence electrons. The number of rotatable bonds is 5. The van der Waals surface area contributed by atoms with Crippen molar-refractivity contribution in [2.75, 3.05) is 13.2 Å². The molecule has 0 aliphatic rings. The average molecular weight is 451 g/mol. The first-order chi connectivity index (χ1) is 9.55. The number of carbonyl (C=O) groups excluding carboxylic acids is 2. The van der Waals surface area contributed by atoms with Gasteiger partial charge in [-0.05, 0) is 13.8 Å². The van der Waals surface area contributed by atoms with Gasteiger partial charge in [0.25, 0.3) is 0 Å². The zero-order chi connectivity index (χ0) is 18.0. The summed E-state index contributed by atoms with van der Waals surface area (Å²) < 4.78 is 80.5. The zero-order valence-corrected chi connectivity index (χ0v) is 13.3. The Morgan fingerprint density at radius 2 is 1.23 bits per heavy atom. The zero-order valence-electron chi connectivity index (χ0n) is 11.1. The molecule has 0 aliphatic carbocycles. The molecule has 5 nitrogen and oxygen atoms in total. The third kappa shape index (κ3) is 4.86. The average Bonchev–Trinajstić information content (AvgIpc) is 2.28. The van der Waals surface area contributed by atoms with E-state index < -0.39 is 46.5 Å². The minimum absolute atomic E-state index is 0.789. The first-order valence-corrected chi connectivity index (χ1v) is 6.50. The molecule has 0 amide bonds. The van der Waals surface area contributed by atoms with Crippen LogP contribution in [0.15, 0.2) is 0 Å². The lowest BCUT2D eigenvalue weighted by atomic mass is 10.0. The summed E-state index contributed by atoms with van der Waals surface area (Å²) in [6.45, 7) is 0.950. The summed E-state index contributed by atoms with van der Waals surface area (Å²) >= 11 is 1.67. The SMILES string of the molecule is CC(C)(I)C(=O)OCCOC(=O)C([O-])(C(F)(F)F)C(F)(F)F. The van der Waals surface area contributed by atoms with Crippen molar-refractivity contribution < 1.29 is 50.5 Å². The fourth-order valence-corrected chi connectivity index (χ4v) is 1.09. The lowest BCUT2D eigenvalue weighted by molar-refractivity contribution is -0.574. The van der Waals surface area contributed by atoms with Crippen LogP contribution in [0.4, 0.5) is 26.3 Å². The third-order valence-corrected chi connectivity index (χ3v) is 2.56. The van der Waals surface area contributed by atoms with E-state index in [-0.39, 0.29) is 0 Å². The van der Waals surface area contributed by atoms with Crippen LogP contribution in [0.3, 0.4) is 0 Å². The van der Waals surface area contributed by atoms with Crippen molar-refractivity contribution >= 4 is 34.5 Å². The van der Waals surface area contributed by atoms with Gasteiger partial charge in [0.1, 0.15) is 16.6 Å². The van der Waals surface area contributed by atoms with Crippen molar-refractivity contribution in [2.45, 2.75) is 35.2 Å². The molecule has 0 unspecified atom stereocenters. The van der Waals surface area contributed by atoms with Gasteiger partial charge >= 0.3 is 24.3 Å². The Bertz CT molecular complexity index is 411. The quantitative estimate of drug-likeness (QED) is 0.208. The maximum atomic E-state index is 12.2. The lowest BCUT2D eigenvalue weighted by Gasteiger charge is -2.40. The molecule has 0 rings (SSSR count). The van der Waals surface area contributed by atoms with Crippen LogP contribution < -0.4 is 5.11 Å². The smallest absolute Gasteiger partial charge is 0.399 e. The molecule has 0 saturated carbocycles. The number of carbonyl (C=O) groups is 2. The highest BCUT2D eigenvalue weighted by molar-refractivity contribution is 14.1. The predicted molar refractivity (Wildman–Crippen MR) is 64.9 cm³/mol. The van der Waals surface area contributed by atoms with Gasteiger partial charge in [-0.1, -0.05) is 22.6 Å². The van der Waals surface area contributed by atoms with Crippen molar-refractivity contribution in [3.8, 4) is 0 Å². The molecule has 0 spiro atoms. The van der Waals surface area contributed by atoms with E-state index in [0.717, 1.165) is 0 Å². The first kappa shape index (κ1) is 21.2. The number of ether oxygens (including phenoxy) is 2. The van der Waals surface area contributed by atoms with Crippen LogP contribution in [0.2, 0.25) is 0 Å². The predicted octanol–water partition coefficient (Wildman–Crippen LogP) is 1.51.